The fraction of sp³-hybridized carbons (Fsp3) is 0.346. The van der Waals surface area contributed by atoms with Gasteiger partial charge < -0.3 is 14.5 Å². The maximum absolute atomic E-state index is 13.6. The number of likely N-dealkylation sites (N-methyl/N-ethyl adjacent to an activating group) is 1. The van der Waals surface area contributed by atoms with Crippen molar-refractivity contribution in [1.82, 2.24) is 18.9 Å². The van der Waals surface area contributed by atoms with E-state index in [2.05, 4.69) is 22.0 Å². The minimum Gasteiger partial charge on any atom is -0.490 e. The van der Waals surface area contributed by atoms with Crippen molar-refractivity contribution in [1.29, 1.82) is 0 Å². The largest absolute Gasteiger partial charge is 0.490 e. The molecule has 0 aliphatic carbocycles. The number of rotatable bonds is 10. The van der Waals surface area contributed by atoms with E-state index >= 15 is 0 Å². The Bertz CT molecular complexity index is 1390. The van der Waals surface area contributed by atoms with Crippen LogP contribution in [0.2, 0.25) is 0 Å². The van der Waals surface area contributed by atoms with Crippen LogP contribution >= 0.6 is 11.3 Å². The molecule has 3 aromatic rings. The van der Waals surface area contributed by atoms with Crippen LogP contribution < -0.4 is 14.4 Å². The number of ether oxygens (including phenoxy) is 1. The zero-order valence-electron chi connectivity index (χ0n) is 21.6. The Morgan fingerprint density at radius 3 is 2.66 bits per heavy atom. The molecule has 1 aromatic heterocycles. The van der Waals surface area contributed by atoms with Crippen molar-refractivity contribution in [2.45, 2.75) is 19.4 Å². The van der Waals surface area contributed by atoms with E-state index in [1.807, 2.05) is 36.0 Å². The molecule has 0 spiro atoms. The molecule has 10 nitrogen and oxygen atoms in total. The molecular formula is C26H31N5O5S2. The third kappa shape index (κ3) is 6.69. The number of carbonyl (C=O) groups excluding carboxylic acids is 2. The number of anilines is 1. The molecule has 1 N–H and O–H groups in total. The quantitative estimate of drug-likeness (QED) is 0.408. The van der Waals surface area contributed by atoms with Crippen LogP contribution in [0, 0.1) is 0 Å². The normalized spacial score (nSPS) is 13.1. The van der Waals surface area contributed by atoms with Gasteiger partial charge in [0, 0.05) is 38.6 Å². The molecule has 1 aliphatic heterocycles. The first kappa shape index (κ1) is 27.6. The lowest BCUT2D eigenvalue weighted by molar-refractivity contribution is 0.0740. The summed E-state index contributed by atoms with van der Waals surface area (Å²) in [4.78, 5) is 34.2. The minimum absolute atomic E-state index is 0.0164. The van der Waals surface area contributed by atoms with Crippen LogP contribution in [0.3, 0.4) is 0 Å². The Morgan fingerprint density at radius 2 is 1.92 bits per heavy atom. The smallest absolute Gasteiger partial charge is 0.303 e. The zero-order valence-corrected chi connectivity index (χ0v) is 23.2. The van der Waals surface area contributed by atoms with E-state index in [1.165, 1.54) is 36.4 Å². The molecule has 0 radical (unpaired) electrons. The number of hydrogen-bond acceptors (Lipinski definition) is 8. The van der Waals surface area contributed by atoms with Gasteiger partial charge >= 0.3 is 10.2 Å². The molecule has 2 heterocycles. The molecule has 0 fully saturated rings. The summed E-state index contributed by atoms with van der Waals surface area (Å²) in [5, 5.41) is 2.02. The van der Waals surface area contributed by atoms with Gasteiger partial charge in [-0.3, -0.25) is 9.59 Å². The van der Waals surface area contributed by atoms with E-state index in [4.69, 9.17) is 4.74 Å². The molecule has 202 valence electrons. The number of benzene rings is 2. The van der Waals surface area contributed by atoms with E-state index in [1.54, 1.807) is 17.0 Å². The van der Waals surface area contributed by atoms with Gasteiger partial charge in [0.2, 0.25) is 0 Å². The summed E-state index contributed by atoms with van der Waals surface area (Å²) in [6.07, 6.45) is 1.54. The first-order valence-electron chi connectivity index (χ1n) is 12.1. The number of thiazole rings is 1. The molecule has 0 atom stereocenters. The Balaban J connectivity index is 1.52. The predicted molar refractivity (Wildman–Crippen MR) is 147 cm³/mol. The van der Waals surface area contributed by atoms with E-state index in [0.29, 0.717) is 29.5 Å². The summed E-state index contributed by atoms with van der Waals surface area (Å²) >= 11 is 1.20. The van der Waals surface area contributed by atoms with Crippen molar-refractivity contribution in [3.05, 3.63) is 75.7 Å². The van der Waals surface area contributed by atoms with Gasteiger partial charge in [0.15, 0.2) is 0 Å². The first-order valence-corrected chi connectivity index (χ1v) is 14.5. The van der Waals surface area contributed by atoms with Crippen molar-refractivity contribution < 1.29 is 22.7 Å². The van der Waals surface area contributed by atoms with Crippen LogP contribution in [0.25, 0.3) is 0 Å². The number of nitrogens with zero attached hydrogens (tertiary/aromatic N) is 4. The van der Waals surface area contributed by atoms with Crippen LogP contribution in [0.4, 0.5) is 5.69 Å². The predicted octanol–water partition coefficient (Wildman–Crippen LogP) is 2.78. The Hall–Kier alpha value is -3.48. The lowest BCUT2D eigenvalue weighted by atomic mass is 10.1. The van der Waals surface area contributed by atoms with Gasteiger partial charge in [0.25, 0.3) is 11.8 Å². The van der Waals surface area contributed by atoms with Gasteiger partial charge in [-0.15, -0.1) is 11.3 Å². The first-order chi connectivity index (χ1) is 18.1. The van der Waals surface area contributed by atoms with Gasteiger partial charge in [-0.25, -0.2) is 9.71 Å². The molecule has 2 aromatic carbocycles. The number of fused-ring (bicyclic) bond motifs is 1. The van der Waals surface area contributed by atoms with Crippen molar-refractivity contribution >= 4 is 39.0 Å². The van der Waals surface area contributed by atoms with E-state index < -0.39 is 16.1 Å². The highest BCUT2D eigenvalue weighted by atomic mass is 32.2. The summed E-state index contributed by atoms with van der Waals surface area (Å²) < 4.78 is 32.7. The average Bonchev–Trinajstić information content (AvgIpc) is 3.37. The number of nitrogens with one attached hydrogen (secondary N) is 1. The summed E-state index contributed by atoms with van der Waals surface area (Å²) in [5.41, 5.74) is 2.61. The molecule has 0 saturated heterocycles. The second kappa shape index (κ2) is 11.9. The molecule has 0 bridgehead atoms. The minimum atomic E-state index is -3.94. The average molecular weight is 558 g/mol. The number of carbonyl (C=O) groups is 2. The highest BCUT2D eigenvalue weighted by Gasteiger charge is 2.24. The highest BCUT2D eigenvalue weighted by molar-refractivity contribution is 7.87. The number of aryl methyl sites for hydroxylation is 1. The Morgan fingerprint density at radius 1 is 1.16 bits per heavy atom. The molecule has 0 saturated carbocycles. The van der Waals surface area contributed by atoms with Crippen molar-refractivity contribution in [2.24, 2.45) is 0 Å². The van der Waals surface area contributed by atoms with Crippen LogP contribution in [0.15, 0.2) is 53.9 Å². The van der Waals surface area contributed by atoms with Gasteiger partial charge in [-0.1, -0.05) is 30.3 Å². The zero-order chi connectivity index (χ0) is 27.3. The number of amides is 2. The SMILES string of the molecule is CN1CCOc2cc(C(=O)N(CCCc3ccccc3)Cc3nc(C(=O)NS(=O)(=O)N(C)C)cs3)ccc21. The monoisotopic (exact) mass is 557 g/mol. The lowest BCUT2D eigenvalue weighted by Crippen LogP contribution is -2.39. The summed E-state index contributed by atoms with van der Waals surface area (Å²) in [5.74, 6) is -0.322. The van der Waals surface area contributed by atoms with Crippen LogP contribution in [0.5, 0.6) is 5.75 Å². The maximum Gasteiger partial charge on any atom is 0.303 e. The van der Waals surface area contributed by atoms with E-state index in [9.17, 15) is 18.0 Å². The van der Waals surface area contributed by atoms with Crippen LogP contribution in [-0.4, -0.2) is 75.3 Å². The molecule has 38 heavy (non-hydrogen) atoms. The second-order valence-corrected chi connectivity index (χ2v) is 11.9. The topological polar surface area (TPSA) is 112 Å². The number of hydrogen-bond donors (Lipinski definition) is 1. The van der Waals surface area contributed by atoms with Gasteiger partial charge in [0.05, 0.1) is 18.8 Å². The third-order valence-electron chi connectivity index (χ3n) is 6.14. The standard InChI is InChI=1S/C26H31N5O5S2/c1-29(2)38(34,35)28-25(32)21-18-37-24(27-21)17-31(13-7-10-19-8-5-4-6-9-19)26(33)20-11-12-22-23(16-20)36-15-14-30(22)3/h4-6,8-9,11-12,16,18H,7,10,13-15,17H2,1-3H3,(H,28,32). The van der Waals surface area contributed by atoms with Gasteiger partial charge in [0.1, 0.15) is 23.1 Å². The molecule has 1 aliphatic rings. The Labute approximate surface area is 227 Å². The maximum atomic E-state index is 13.6. The van der Waals surface area contributed by atoms with E-state index in [0.717, 1.165) is 29.4 Å². The Kier molecular flexibility index (Phi) is 8.65. The van der Waals surface area contributed by atoms with Crippen molar-refractivity contribution in [3.8, 4) is 5.75 Å². The van der Waals surface area contributed by atoms with Crippen molar-refractivity contribution in [2.75, 3.05) is 45.7 Å². The molecular weight excluding hydrogens is 526 g/mol. The second-order valence-electron chi connectivity index (χ2n) is 9.11. The molecule has 2 amide bonds. The summed E-state index contributed by atoms with van der Waals surface area (Å²) in [6.45, 7) is 1.99. The fourth-order valence-electron chi connectivity index (χ4n) is 3.96. The lowest BCUT2D eigenvalue weighted by Gasteiger charge is -2.28. The third-order valence-corrected chi connectivity index (χ3v) is 8.38. The van der Waals surface area contributed by atoms with Crippen LogP contribution in [-0.2, 0) is 23.2 Å². The molecule has 12 heteroatoms. The number of aromatic nitrogens is 1. The van der Waals surface area contributed by atoms with Gasteiger partial charge in [-0.2, -0.15) is 12.7 Å². The highest BCUT2D eigenvalue weighted by Crippen LogP contribution is 2.32. The fourth-order valence-corrected chi connectivity index (χ4v) is 5.27. The van der Waals surface area contributed by atoms with Crippen LogP contribution in [0.1, 0.15) is 37.8 Å². The summed E-state index contributed by atoms with van der Waals surface area (Å²) in [7, 11) is 0.693. The van der Waals surface area contributed by atoms with Crippen molar-refractivity contribution in [3.63, 3.8) is 0 Å². The summed E-state index contributed by atoms with van der Waals surface area (Å²) in [6, 6.07) is 15.5. The van der Waals surface area contributed by atoms with Gasteiger partial charge in [-0.05, 0) is 36.6 Å². The van der Waals surface area contributed by atoms with E-state index in [-0.39, 0.29) is 18.1 Å². The molecule has 0 unspecified atom stereocenters. The molecule has 4 rings (SSSR count).